The Balaban J connectivity index is 1.82. The van der Waals surface area contributed by atoms with Gasteiger partial charge in [-0.15, -0.1) is 0 Å². The molecule has 2 aromatic carbocycles. The maximum Gasteiger partial charge on any atom is 0.258 e. The SMILES string of the molecule is COc1ccc(C(=O)N(C)c2ccc3c(c2)OCCO3)cc1. The molecule has 1 aliphatic rings. The van der Waals surface area contributed by atoms with Crippen LogP contribution in [0, 0.1) is 0 Å². The third kappa shape index (κ3) is 2.70. The summed E-state index contributed by atoms with van der Waals surface area (Å²) in [5.74, 6) is 2.00. The van der Waals surface area contributed by atoms with Gasteiger partial charge in [-0.25, -0.2) is 0 Å². The maximum absolute atomic E-state index is 12.5. The molecule has 3 rings (SSSR count). The molecule has 1 heterocycles. The van der Waals surface area contributed by atoms with Gasteiger partial charge in [0.2, 0.25) is 0 Å². The Morgan fingerprint density at radius 1 is 1.05 bits per heavy atom. The van der Waals surface area contributed by atoms with E-state index in [1.54, 1.807) is 43.3 Å². The van der Waals surface area contributed by atoms with Gasteiger partial charge in [0.1, 0.15) is 19.0 Å². The van der Waals surface area contributed by atoms with E-state index in [0.717, 1.165) is 11.4 Å². The van der Waals surface area contributed by atoms with Crippen LogP contribution in [0.15, 0.2) is 42.5 Å². The zero-order chi connectivity index (χ0) is 15.5. The summed E-state index contributed by atoms with van der Waals surface area (Å²) >= 11 is 0. The number of rotatable bonds is 3. The van der Waals surface area contributed by atoms with E-state index in [2.05, 4.69) is 0 Å². The van der Waals surface area contributed by atoms with Gasteiger partial charge in [0.25, 0.3) is 5.91 Å². The minimum Gasteiger partial charge on any atom is -0.497 e. The van der Waals surface area contributed by atoms with Crippen LogP contribution in [0.5, 0.6) is 17.2 Å². The van der Waals surface area contributed by atoms with Gasteiger partial charge in [-0.3, -0.25) is 4.79 Å². The van der Waals surface area contributed by atoms with Crippen molar-refractivity contribution in [1.29, 1.82) is 0 Å². The third-order valence-corrected chi connectivity index (χ3v) is 3.55. The highest BCUT2D eigenvalue weighted by molar-refractivity contribution is 6.05. The van der Waals surface area contributed by atoms with Crippen molar-refractivity contribution in [2.24, 2.45) is 0 Å². The summed E-state index contributed by atoms with van der Waals surface area (Å²) in [6, 6.07) is 12.5. The summed E-state index contributed by atoms with van der Waals surface area (Å²) < 4.78 is 16.1. The number of nitrogens with zero attached hydrogens (tertiary/aromatic N) is 1. The van der Waals surface area contributed by atoms with Crippen LogP contribution in [-0.4, -0.2) is 33.3 Å². The van der Waals surface area contributed by atoms with Gasteiger partial charge in [-0.05, 0) is 36.4 Å². The second-order valence-electron chi connectivity index (χ2n) is 4.92. The number of methoxy groups -OCH3 is 1. The minimum atomic E-state index is -0.0978. The highest BCUT2D eigenvalue weighted by Gasteiger charge is 2.17. The topological polar surface area (TPSA) is 48.0 Å². The third-order valence-electron chi connectivity index (χ3n) is 3.55. The molecule has 0 spiro atoms. The van der Waals surface area contributed by atoms with E-state index in [4.69, 9.17) is 14.2 Å². The largest absolute Gasteiger partial charge is 0.497 e. The zero-order valence-electron chi connectivity index (χ0n) is 12.5. The van der Waals surface area contributed by atoms with Crippen molar-refractivity contribution >= 4 is 11.6 Å². The molecular formula is C17H17NO4. The van der Waals surface area contributed by atoms with Crippen LogP contribution >= 0.6 is 0 Å². The Hall–Kier alpha value is -2.69. The van der Waals surface area contributed by atoms with E-state index in [1.807, 2.05) is 18.2 Å². The average Bonchev–Trinajstić information content (AvgIpc) is 2.60. The molecule has 0 unspecified atom stereocenters. The van der Waals surface area contributed by atoms with Crippen LogP contribution in [0.2, 0.25) is 0 Å². The second-order valence-corrected chi connectivity index (χ2v) is 4.92. The number of anilines is 1. The molecule has 0 saturated carbocycles. The van der Waals surface area contributed by atoms with Crippen LogP contribution in [-0.2, 0) is 0 Å². The highest BCUT2D eigenvalue weighted by atomic mass is 16.6. The average molecular weight is 299 g/mol. The molecule has 5 nitrogen and oxygen atoms in total. The van der Waals surface area contributed by atoms with Gasteiger partial charge in [0, 0.05) is 24.4 Å². The molecule has 5 heteroatoms. The van der Waals surface area contributed by atoms with Crippen LogP contribution in [0.4, 0.5) is 5.69 Å². The molecular weight excluding hydrogens is 282 g/mol. The van der Waals surface area contributed by atoms with Crippen molar-refractivity contribution < 1.29 is 19.0 Å². The van der Waals surface area contributed by atoms with Gasteiger partial charge in [0.15, 0.2) is 11.5 Å². The monoisotopic (exact) mass is 299 g/mol. The summed E-state index contributed by atoms with van der Waals surface area (Å²) in [6.45, 7) is 1.07. The Bertz CT molecular complexity index is 682. The van der Waals surface area contributed by atoms with Gasteiger partial charge in [0.05, 0.1) is 7.11 Å². The zero-order valence-corrected chi connectivity index (χ0v) is 12.5. The molecule has 0 saturated heterocycles. The number of hydrogen-bond acceptors (Lipinski definition) is 4. The van der Waals surface area contributed by atoms with Crippen molar-refractivity contribution in [3.63, 3.8) is 0 Å². The fourth-order valence-electron chi connectivity index (χ4n) is 2.29. The summed E-state index contributed by atoms with van der Waals surface area (Å²) in [5.41, 5.74) is 1.35. The molecule has 0 aromatic heterocycles. The van der Waals surface area contributed by atoms with E-state index in [-0.39, 0.29) is 5.91 Å². The van der Waals surface area contributed by atoms with Crippen molar-refractivity contribution in [2.45, 2.75) is 0 Å². The number of ether oxygens (including phenoxy) is 3. The molecule has 0 N–H and O–H groups in total. The summed E-state index contributed by atoms with van der Waals surface area (Å²) in [7, 11) is 3.33. The Kier molecular flexibility index (Phi) is 3.87. The predicted octanol–water partition coefficient (Wildman–Crippen LogP) is 2.74. The van der Waals surface area contributed by atoms with Crippen molar-refractivity contribution in [1.82, 2.24) is 0 Å². The van der Waals surface area contributed by atoms with Gasteiger partial charge >= 0.3 is 0 Å². The van der Waals surface area contributed by atoms with E-state index >= 15 is 0 Å². The first-order valence-corrected chi connectivity index (χ1v) is 7.01. The Morgan fingerprint density at radius 3 is 2.41 bits per heavy atom. The molecule has 0 fully saturated rings. The fraction of sp³-hybridized carbons (Fsp3) is 0.235. The smallest absolute Gasteiger partial charge is 0.258 e. The first-order valence-electron chi connectivity index (χ1n) is 7.01. The molecule has 0 bridgehead atoms. The molecule has 114 valence electrons. The summed E-state index contributed by atoms with van der Waals surface area (Å²) in [6.07, 6.45) is 0. The first-order chi connectivity index (χ1) is 10.7. The van der Waals surface area contributed by atoms with Gasteiger partial charge in [-0.1, -0.05) is 0 Å². The minimum absolute atomic E-state index is 0.0978. The van der Waals surface area contributed by atoms with Crippen LogP contribution in [0.3, 0.4) is 0 Å². The number of hydrogen-bond donors (Lipinski definition) is 0. The van der Waals surface area contributed by atoms with Crippen molar-refractivity contribution in [3.05, 3.63) is 48.0 Å². The maximum atomic E-state index is 12.5. The lowest BCUT2D eigenvalue weighted by molar-refractivity contribution is 0.0993. The molecule has 0 radical (unpaired) electrons. The van der Waals surface area contributed by atoms with E-state index in [9.17, 15) is 4.79 Å². The van der Waals surface area contributed by atoms with Crippen LogP contribution < -0.4 is 19.1 Å². The highest BCUT2D eigenvalue weighted by Crippen LogP contribution is 2.34. The van der Waals surface area contributed by atoms with E-state index in [0.29, 0.717) is 30.3 Å². The van der Waals surface area contributed by atoms with Crippen molar-refractivity contribution in [2.75, 3.05) is 32.3 Å². The summed E-state index contributed by atoms with van der Waals surface area (Å²) in [5, 5.41) is 0. The lowest BCUT2D eigenvalue weighted by Crippen LogP contribution is -2.26. The Labute approximate surface area is 129 Å². The first kappa shape index (κ1) is 14.3. The standard InChI is InChI=1S/C17H17NO4/c1-18(17(19)12-3-6-14(20-2)7-4-12)13-5-8-15-16(11-13)22-10-9-21-15/h3-8,11H,9-10H2,1-2H3. The Morgan fingerprint density at radius 2 is 1.73 bits per heavy atom. The number of carbonyl (C=O) groups is 1. The number of amides is 1. The molecule has 1 amide bonds. The normalized spacial score (nSPS) is 12.6. The van der Waals surface area contributed by atoms with E-state index in [1.165, 1.54) is 0 Å². The lowest BCUT2D eigenvalue weighted by Gasteiger charge is -2.22. The quantitative estimate of drug-likeness (QED) is 0.874. The lowest BCUT2D eigenvalue weighted by atomic mass is 10.1. The van der Waals surface area contributed by atoms with Gasteiger partial charge < -0.3 is 19.1 Å². The number of benzene rings is 2. The molecule has 22 heavy (non-hydrogen) atoms. The molecule has 2 aromatic rings. The summed E-state index contributed by atoms with van der Waals surface area (Å²) in [4.78, 5) is 14.1. The second kappa shape index (κ2) is 5.97. The number of fused-ring (bicyclic) bond motifs is 1. The predicted molar refractivity (Wildman–Crippen MR) is 83.2 cm³/mol. The molecule has 0 atom stereocenters. The van der Waals surface area contributed by atoms with Crippen molar-refractivity contribution in [3.8, 4) is 17.2 Å². The van der Waals surface area contributed by atoms with Crippen LogP contribution in [0.25, 0.3) is 0 Å². The van der Waals surface area contributed by atoms with E-state index < -0.39 is 0 Å². The number of carbonyl (C=O) groups excluding carboxylic acids is 1. The molecule has 1 aliphatic heterocycles. The molecule has 0 aliphatic carbocycles. The van der Waals surface area contributed by atoms with Gasteiger partial charge in [-0.2, -0.15) is 0 Å². The fourth-order valence-corrected chi connectivity index (χ4v) is 2.29. The van der Waals surface area contributed by atoms with Crippen LogP contribution in [0.1, 0.15) is 10.4 Å².